The molecule has 0 saturated carbocycles. The van der Waals surface area contributed by atoms with Gasteiger partial charge in [-0.25, -0.2) is 0 Å². The molecule has 1 aromatic carbocycles. The first-order chi connectivity index (χ1) is 11.1. The number of nitrogens with one attached hydrogen (secondary N) is 1. The third kappa shape index (κ3) is 5.34. The van der Waals surface area contributed by atoms with Crippen molar-refractivity contribution in [2.75, 3.05) is 27.9 Å². The smallest absolute Gasteiger partial charge is 0.251 e. The maximum absolute atomic E-state index is 12.4. The van der Waals surface area contributed by atoms with Gasteiger partial charge in [0.05, 0.1) is 21.3 Å². The maximum Gasteiger partial charge on any atom is 0.251 e. The van der Waals surface area contributed by atoms with Gasteiger partial charge < -0.3 is 19.5 Å². The lowest BCUT2D eigenvalue weighted by Gasteiger charge is -2.17. The first kappa shape index (κ1) is 19.1. The van der Waals surface area contributed by atoms with Crippen LogP contribution in [0.1, 0.15) is 49.9 Å². The Morgan fingerprint density at radius 3 is 2.13 bits per heavy atom. The molecule has 1 atom stereocenters. The largest absolute Gasteiger partial charge is 0.493 e. The molecule has 0 aromatic heterocycles. The van der Waals surface area contributed by atoms with Gasteiger partial charge in [-0.3, -0.25) is 4.79 Å². The van der Waals surface area contributed by atoms with E-state index in [0.717, 1.165) is 12.8 Å². The van der Waals surface area contributed by atoms with E-state index >= 15 is 0 Å². The van der Waals surface area contributed by atoms with E-state index in [9.17, 15) is 4.79 Å². The molecular formula is C18H29NO4. The van der Waals surface area contributed by atoms with Gasteiger partial charge in [-0.15, -0.1) is 0 Å². The van der Waals surface area contributed by atoms with E-state index in [1.165, 1.54) is 27.1 Å². The molecule has 5 nitrogen and oxygen atoms in total. The van der Waals surface area contributed by atoms with E-state index in [2.05, 4.69) is 19.2 Å². The predicted molar refractivity (Wildman–Crippen MR) is 91.7 cm³/mol. The summed E-state index contributed by atoms with van der Waals surface area (Å²) < 4.78 is 15.8. The summed E-state index contributed by atoms with van der Waals surface area (Å²) in [5, 5.41) is 3.01. The number of benzene rings is 1. The zero-order valence-corrected chi connectivity index (χ0v) is 14.9. The van der Waals surface area contributed by atoms with Crippen LogP contribution in [0.4, 0.5) is 0 Å². The summed E-state index contributed by atoms with van der Waals surface area (Å²) >= 11 is 0. The van der Waals surface area contributed by atoms with Gasteiger partial charge in [0.25, 0.3) is 5.91 Å². The molecule has 130 valence electrons. The lowest BCUT2D eigenvalue weighted by Crippen LogP contribution is -2.29. The standard InChI is InChI=1S/C18H29NO4/c1-6-8-9-13(7-2)12-19-18(20)14-10-15(21-3)17(23-5)16(11-14)22-4/h10-11,13H,6-9,12H2,1-5H3,(H,19,20). The van der Waals surface area contributed by atoms with Crippen LogP contribution in [-0.2, 0) is 0 Å². The molecular weight excluding hydrogens is 294 g/mol. The Morgan fingerprint density at radius 2 is 1.70 bits per heavy atom. The Bertz CT molecular complexity index is 477. The van der Waals surface area contributed by atoms with Gasteiger partial charge >= 0.3 is 0 Å². The topological polar surface area (TPSA) is 56.8 Å². The molecule has 1 N–H and O–H groups in total. The summed E-state index contributed by atoms with van der Waals surface area (Å²) in [6, 6.07) is 3.34. The lowest BCUT2D eigenvalue weighted by atomic mass is 9.99. The average molecular weight is 323 g/mol. The Hall–Kier alpha value is -1.91. The highest BCUT2D eigenvalue weighted by Crippen LogP contribution is 2.38. The Kier molecular flexibility index (Phi) is 8.30. The summed E-state index contributed by atoms with van der Waals surface area (Å²) in [6.45, 7) is 5.03. The second-order valence-electron chi connectivity index (χ2n) is 5.54. The van der Waals surface area contributed by atoms with Crippen molar-refractivity contribution in [2.24, 2.45) is 5.92 Å². The summed E-state index contributed by atoms with van der Waals surface area (Å²) in [4.78, 5) is 12.4. The summed E-state index contributed by atoms with van der Waals surface area (Å²) in [5.74, 6) is 1.84. The Labute approximate surface area is 139 Å². The molecule has 23 heavy (non-hydrogen) atoms. The Morgan fingerprint density at radius 1 is 1.09 bits per heavy atom. The van der Waals surface area contributed by atoms with Crippen LogP contribution in [-0.4, -0.2) is 33.8 Å². The fourth-order valence-electron chi connectivity index (χ4n) is 2.49. The molecule has 1 amide bonds. The highest BCUT2D eigenvalue weighted by Gasteiger charge is 2.17. The second-order valence-corrected chi connectivity index (χ2v) is 5.54. The zero-order chi connectivity index (χ0) is 17.2. The van der Waals surface area contributed by atoms with Crippen molar-refractivity contribution in [1.29, 1.82) is 0 Å². The van der Waals surface area contributed by atoms with Crippen LogP contribution in [0, 0.1) is 5.92 Å². The van der Waals surface area contributed by atoms with Gasteiger partial charge in [-0.1, -0.05) is 33.1 Å². The highest BCUT2D eigenvalue weighted by molar-refractivity contribution is 5.95. The molecule has 0 spiro atoms. The second kappa shape index (κ2) is 9.98. The predicted octanol–water partition coefficient (Wildman–Crippen LogP) is 3.66. The molecule has 0 aliphatic carbocycles. The van der Waals surface area contributed by atoms with Gasteiger partial charge in [0.15, 0.2) is 11.5 Å². The number of unbranched alkanes of at least 4 members (excludes halogenated alkanes) is 1. The minimum absolute atomic E-state index is 0.126. The number of rotatable bonds is 10. The monoisotopic (exact) mass is 323 g/mol. The SMILES string of the molecule is CCCCC(CC)CNC(=O)c1cc(OC)c(OC)c(OC)c1. The third-order valence-corrected chi connectivity index (χ3v) is 4.02. The molecule has 1 aromatic rings. The molecule has 0 aliphatic heterocycles. The van der Waals surface area contributed by atoms with E-state index in [1.54, 1.807) is 19.2 Å². The summed E-state index contributed by atoms with van der Waals surface area (Å²) in [6.07, 6.45) is 4.58. The molecule has 0 heterocycles. The number of methoxy groups -OCH3 is 3. The van der Waals surface area contributed by atoms with Crippen LogP contribution in [0.2, 0.25) is 0 Å². The van der Waals surface area contributed by atoms with Crippen molar-refractivity contribution in [2.45, 2.75) is 39.5 Å². The van der Waals surface area contributed by atoms with Gasteiger partial charge in [0.2, 0.25) is 5.75 Å². The number of hydrogen-bond donors (Lipinski definition) is 1. The summed E-state index contributed by atoms with van der Waals surface area (Å²) in [7, 11) is 4.62. The van der Waals surface area contributed by atoms with Crippen molar-refractivity contribution >= 4 is 5.91 Å². The summed E-state index contributed by atoms with van der Waals surface area (Å²) in [5.41, 5.74) is 0.504. The normalized spacial score (nSPS) is 11.7. The minimum atomic E-state index is -0.126. The van der Waals surface area contributed by atoms with E-state index < -0.39 is 0 Å². The number of amides is 1. The molecule has 1 rings (SSSR count). The van der Waals surface area contributed by atoms with Gasteiger partial charge in [-0.2, -0.15) is 0 Å². The first-order valence-electron chi connectivity index (χ1n) is 8.19. The number of carbonyl (C=O) groups is 1. The van der Waals surface area contributed by atoms with E-state index in [1.807, 2.05) is 0 Å². The van der Waals surface area contributed by atoms with Gasteiger partial charge in [0, 0.05) is 12.1 Å². The van der Waals surface area contributed by atoms with Crippen molar-refractivity contribution in [3.05, 3.63) is 17.7 Å². The van der Waals surface area contributed by atoms with Crippen molar-refractivity contribution in [3.8, 4) is 17.2 Å². The molecule has 0 aliphatic rings. The van der Waals surface area contributed by atoms with Crippen LogP contribution in [0.5, 0.6) is 17.2 Å². The van der Waals surface area contributed by atoms with Crippen molar-refractivity contribution in [1.82, 2.24) is 5.32 Å². The fourth-order valence-corrected chi connectivity index (χ4v) is 2.49. The maximum atomic E-state index is 12.4. The third-order valence-electron chi connectivity index (χ3n) is 4.02. The van der Waals surface area contributed by atoms with Gasteiger partial charge in [-0.05, 0) is 24.5 Å². The molecule has 0 bridgehead atoms. The van der Waals surface area contributed by atoms with Crippen LogP contribution in [0.15, 0.2) is 12.1 Å². The molecule has 0 saturated heterocycles. The van der Waals surface area contributed by atoms with Crippen molar-refractivity contribution < 1.29 is 19.0 Å². The molecule has 1 unspecified atom stereocenters. The van der Waals surface area contributed by atoms with Crippen LogP contribution in [0.25, 0.3) is 0 Å². The van der Waals surface area contributed by atoms with E-state index in [-0.39, 0.29) is 5.91 Å². The molecule has 0 radical (unpaired) electrons. The zero-order valence-electron chi connectivity index (χ0n) is 14.9. The molecule has 5 heteroatoms. The quantitative estimate of drug-likeness (QED) is 0.714. The van der Waals surface area contributed by atoms with Crippen molar-refractivity contribution in [3.63, 3.8) is 0 Å². The number of hydrogen-bond acceptors (Lipinski definition) is 4. The van der Waals surface area contributed by atoms with E-state index in [4.69, 9.17) is 14.2 Å². The molecule has 0 fully saturated rings. The minimum Gasteiger partial charge on any atom is -0.493 e. The van der Waals surface area contributed by atoms with E-state index in [0.29, 0.717) is 35.3 Å². The fraction of sp³-hybridized carbons (Fsp3) is 0.611. The van der Waals surface area contributed by atoms with Crippen LogP contribution >= 0.6 is 0 Å². The highest BCUT2D eigenvalue weighted by atomic mass is 16.5. The average Bonchev–Trinajstić information content (AvgIpc) is 2.60. The van der Waals surface area contributed by atoms with Crippen LogP contribution in [0.3, 0.4) is 0 Å². The van der Waals surface area contributed by atoms with Gasteiger partial charge in [0.1, 0.15) is 0 Å². The number of ether oxygens (including phenoxy) is 3. The Balaban J connectivity index is 2.83. The lowest BCUT2D eigenvalue weighted by molar-refractivity contribution is 0.0945. The number of carbonyl (C=O) groups excluding carboxylic acids is 1. The first-order valence-corrected chi connectivity index (χ1v) is 8.19. The van der Waals surface area contributed by atoms with Crippen LogP contribution < -0.4 is 19.5 Å².